The Morgan fingerprint density at radius 3 is 2.46 bits per heavy atom. The molecule has 0 spiro atoms. The van der Waals surface area contributed by atoms with E-state index in [4.69, 9.17) is 11.6 Å². The number of alkyl halides is 3. The summed E-state index contributed by atoms with van der Waals surface area (Å²) >= 11 is 4.88. The summed E-state index contributed by atoms with van der Waals surface area (Å²) in [5.41, 5.74) is 0.159. The number of anilines is 1. The van der Waals surface area contributed by atoms with Crippen molar-refractivity contribution in [2.45, 2.75) is 70.5 Å². The molecule has 4 rings (SSSR count). The average molecular weight is 564 g/mol. The first-order valence-corrected chi connectivity index (χ1v) is 13.1. The number of benzene rings is 1. The predicted molar refractivity (Wildman–Crippen MR) is 138 cm³/mol. The maximum Gasteiger partial charge on any atom is 0.399 e. The molecule has 210 valence electrons. The van der Waals surface area contributed by atoms with Gasteiger partial charge in [-0.05, 0) is 52.3 Å². The predicted octanol–water partition coefficient (Wildman–Crippen LogP) is 2.97. The molecule has 2 heterocycles. The van der Waals surface area contributed by atoms with E-state index in [1.54, 1.807) is 45.0 Å². The summed E-state index contributed by atoms with van der Waals surface area (Å²) in [7, 11) is 0. The molecule has 0 radical (unpaired) electrons. The standard InChI is InChI=1S/C27H32ClF2N5O4/c1-25(2,3)20(34-24(39)27(28,29)30)23(38)35-12-16-18(26(16,4)5)19(35)22(37)32-13(11-31)10-15-14-8-6-7-9-17(14)33-21(15)36/h6-9,13,15-16,18-20H,10,12H2,1-5H3,(H,32,37)(H,33,36)(H,34,39)/t13-,15?,16-,18-,19-,20?/m0/s1. The van der Waals surface area contributed by atoms with Gasteiger partial charge >= 0.3 is 11.3 Å². The molecule has 3 N–H and O–H groups in total. The van der Waals surface area contributed by atoms with E-state index in [0.717, 1.165) is 5.56 Å². The molecule has 1 aromatic rings. The lowest BCUT2D eigenvalue weighted by Gasteiger charge is -2.38. The molecular formula is C27H32ClF2N5O4. The van der Waals surface area contributed by atoms with Crippen molar-refractivity contribution in [1.29, 1.82) is 5.26 Å². The molecule has 12 heteroatoms. The number of carbonyl (C=O) groups excluding carboxylic acids is 4. The van der Waals surface area contributed by atoms with Crippen LogP contribution in [0.1, 0.15) is 52.5 Å². The van der Waals surface area contributed by atoms with Gasteiger partial charge in [0.2, 0.25) is 17.7 Å². The number of nitrogens with one attached hydrogen (secondary N) is 3. The lowest BCUT2D eigenvalue weighted by Crippen LogP contribution is -2.61. The molecular weight excluding hydrogens is 532 g/mol. The number of halogens is 3. The van der Waals surface area contributed by atoms with Crippen molar-refractivity contribution in [3.8, 4) is 6.07 Å². The van der Waals surface area contributed by atoms with Crippen LogP contribution in [0.25, 0.3) is 0 Å². The van der Waals surface area contributed by atoms with Gasteiger partial charge in [0.25, 0.3) is 0 Å². The van der Waals surface area contributed by atoms with Crippen LogP contribution in [0.3, 0.4) is 0 Å². The van der Waals surface area contributed by atoms with Gasteiger partial charge in [0.05, 0.1) is 12.0 Å². The normalized spacial score (nSPS) is 26.4. The highest BCUT2D eigenvalue weighted by atomic mass is 35.5. The van der Waals surface area contributed by atoms with Crippen molar-refractivity contribution in [1.82, 2.24) is 15.5 Å². The van der Waals surface area contributed by atoms with Gasteiger partial charge in [0.15, 0.2) is 0 Å². The Morgan fingerprint density at radius 2 is 1.87 bits per heavy atom. The Morgan fingerprint density at radius 1 is 1.23 bits per heavy atom. The topological polar surface area (TPSA) is 131 Å². The number of nitrogens with zero attached hydrogens (tertiary/aromatic N) is 2. The molecule has 2 unspecified atom stereocenters. The molecule has 3 aliphatic rings. The largest absolute Gasteiger partial charge is 0.399 e. The Balaban J connectivity index is 1.54. The molecule has 1 aliphatic carbocycles. The molecule has 1 saturated carbocycles. The van der Waals surface area contributed by atoms with E-state index in [1.165, 1.54) is 4.90 Å². The summed E-state index contributed by atoms with van der Waals surface area (Å²) in [4.78, 5) is 53.2. The quantitative estimate of drug-likeness (QED) is 0.439. The zero-order chi connectivity index (χ0) is 29.1. The van der Waals surface area contributed by atoms with Crippen LogP contribution < -0.4 is 16.0 Å². The third-order valence-electron chi connectivity index (χ3n) is 8.26. The maximum atomic E-state index is 13.7. The Bertz CT molecular complexity index is 1250. The minimum atomic E-state index is -4.21. The lowest BCUT2D eigenvalue weighted by atomic mass is 9.85. The molecule has 6 atom stereocenters. The van der Waals surface area contributed by atoms with Gasteiger partial charge in [-0.3, -0.25) is 19.2 Å². The fourth-order valence-electron chi connectivity index (χ4n) is 5.99. The summed E-state index contributed by atoms with van der Waals surface area (Å²) < 4.78 is 26.9. The average Bonchev–Trinajstić information content (AvgIpc) is 3.15. The van der Waals surface area contributed by atoms with Gasteiger partial charge in [-0.25, -0.2) is 0 Å². The van der Waals surface area contributed by atoms with Crippen LogP contribution in [-0.4, -0.2) is 58.6 Å². The minimum Gasteiger partial charge on any atom is -0.339 e. The number of rotatable bonds is 7. The molecule has 1 aromatic carbocycles. The molecule has 2 fully saturated rings. The number of amides is 4. The summed E-state index contributed by atoms with van der Waals surface area (Å²) in [6.45, 7) is 8.97. The van der Waals surface area contributed by atoms with E-state index in [0.29, 0.717) is 5.69 Å². The first-order valence-electron chi connectivity index (χ1n) is 12.8. The van der Waals surface area contributed by atoms with E-state index in [1.807, 2.05) is 19.9 Å². The number of fused-ring (bicyclic) bond motifs is 2. The van der Waals surface area contributed by atoms with E-state index < -0.39 is 52.6 Å². The first-order chi connectivity index (χ1) is 18.0. The van der Waals surface area contributed by atoms with Crippen molar-refractivity contribution in [2.75, 3.05) is 11.9 Å². The van der Waals surface area contributed by atoms with Gasteiger partial charge in [0, 0.05) is 12.2 Å². The number of hydrogen-bond acceptors (Lipinski definition) is 5. The number of carbonyl (C=O) groups is 4. The van der Waals surface area contributed by atoms with E-state index >= 15 is 0 Å². The minimum absolute atomic E-state index is 0.0176. The second-order valence-electron chi connectivity index (χ2n) is 12.2. The SMILES string of the molecule is CC(C)(C)C(NC(=O)C(F)(F)Cl)C(=O)N1C[C@H]2[C@@H]([C@H]1C(=O)N[C@H](C#N)CC1C(=O)Nc3ccccc31)C2(C)C. The molecule has 1 saturated heterocycles. The van der Waals surface area contributed by atoms with Crippen LogP contribution in [0.15, 0.2) is 24.3 Å². The smallest absolute Gasteiger partial charge is 0.339 e. The number of piperidine rings is 1. The Hall–Kier alpha value is -3.26. The highest BCUT2D eigenvalue weighted by Gasteiger charge is 2.70. The highest BCUT2D eigenvalue weighted by molar-refractivity contribution is 6.32. The third kappa shape index (κ3) is 5.31. The van der Waals surface area contributed by atoms with Gasteiger partial charge in [0.1, 0.15) is 18.1 Å². The molecule has 4 amide bonds. The van der Waals surface area contributed by atoms with Crippen molar-refractivity contribution < 1.29 is 28.0 Å². The second kappa shape index (κ2) is 9.73. The van der Waals surface area contributed by atoms with Gasteiger partial charge in [-0.15, -0.1) is 0 Å². The maximum absolute atomic E-state index is 13.7. The third-order valence-corrected chi connectivity index (χ3v) is 8.43. The van der Waals surface area contributed by atoms with Crippen LogP contribution >= 0.6 is 11.6 Å². The van der Waals surface area contributed by atoms with Crippen molar-refractivity contribution in [3.05, 3.63) is 29.8 Å². The highest BCUT2D eigenvalue weighted by Crippen LogP contribution is 2.65. The Labute approximate surface area is 230 Å². The van der Waals surface area contributed by atoms with E-state index in [2.05, 4.69) is 16.0 Å². The van der Waals surface area contributed by atoms with Crippen LogP contribution in [0.2, 0.25) is 0 Å². The van der Waals surface area contributed by atoms with E-state index in [9.17, 15) is 33.2 Å². The summed E-state index contributed by atoms with van der Waals surface area (Å²) in [6, 6.07) is 5.78. The van der Waals surface area contributed by atoms with Crippen molar-refractivity contribution >= 4 is 40.9 Å². The Kier molecular flexibility index (Phi) is 7.17. The van der Waals surface area contributed by atoms with Crippen molar-refractivity contribution in [2.24, 2.45) is 22.7 Å². The lowest BCUT2D eigenvalue weighted by molar-refractivity contribution is -0.148. The number of nitriles is 1. The van der Waals surface area contributed by atoms with Crippen molar-refractivity contribution in [3.63, 3.8) is 0 Å². The fourth-order valence-corrected chi connectivity index (χ4v) is 6.04. The van der Waals surface area contributed by atoms with Crippen LogP contribution in [0, 0.1) is 34.0 Å². The summed E-state index contributed by atoms with van der Waals surface area (Å²) in [6.07, 6.45) is 0.0364. The van der Waals surface area contributed by atoms with Gasteiger partial charge in [-0.1, -0.05) is 52.8 Å². The molecule has 0 bridgehead atoms. The fraction of sp³-hybridized carbons (Fsp3) is 0.593. The van der Waals surface area contributed by atoms with E-state index in [-0.39, 0.29) is 36.1 Å². The number of hydrogen-bond donors (Lipinski definition) is 3. The van der Waals surface area contributed by atoms with Crippen LogP contribution in [-0.2, 0) is 19.2 Å². The monoisotopic (exact) mass is 563 g/mol. The molecule has 0 aromatic heterocycles. The summed E-state index contributed by atoms with van der Waals surface area (Å²) in [5, 5.41) is 13.2. The van der Waals surface area contributed by atoms with Crippen LogP contribution in [0.4, 0.5) is 14.5 Å². The second-order valence-corrected chi connectivity index (χ2v) is 12.7. The zero-order valence-corrected chi connectivity index (χ0v) is 23.1. The van der Waals surface area contributed by atoms with Crippen LogP contribution in [0.5, 0.6) is 0 Å². The first kappa shape index (κ1) is 28.7. The molecule has 9 nitrogen and oxygen atoms in total. The zero-order valence-electron chi connectivity index (χ0n) is 22.3. The summed E-state index contributed by atoms with van der Waals surface area (Å²) in [5.74, 6) is -4.19. The molecule has 2 aliphatic heterocycles. The van der Waals surface area contributed by atoms with Gasteiger partial charge in [-0.2, -0.15) is 14.0 Å². The molecule has 39 heavy (non-hydrogen) atoms. The van der Waals surface area contributed by atoms with Gasteiger partial charge < -0.3 is 20.9 Å². The number of likely N-dealkylation sites (tertiary alicyclic amines) is 1. The number of para-hydroxylation sites is 1.